The predicted octanol–water partition coefficient (Wildman–Crippen LogP) is 6.48. The van der Waals surface area contributed by atoms with Gasteiger partial charge in [0.1, 0.15) is 5.82 Å². The Balaban J connectivity index is 1.66. The van der Waals surface area contributed by atoms with Crippen molar-refractivity contribution in [1.29, 1.82) is 0 Å². The summed E-state index contributed by atoms with van der Waals surface area (Å²) in [5.74, 6) is -0.365. The second-order valence-electron chi connectivity index (χ2n) is 7.37. The maximum absolute atomic E-state index is 13.2. The topological polar surface area (TPSA) is 65.5 Å². The molecule has 3 rings (SSSR count). The predicted molar refractivity (Wildman–Crippen MR) is 128 cm³/mol. The molecule has 5 nitrogen and oxygen atoms in total. The van der Waals surface area contributed by atoms with Gasteiger partial charge in [-0.05, 0) is 66.5 Å². The van der Waals surface area contributed by atoms with Crippen LogP contribution < -0.4 is 0 Å². The Labute approximate surface area is 193 Å². The van der Waals surface area contributed by atoms with Gasteiger partial charge in [0.15, 0.2) is 5.78 Å². The van der Waals surface area contributed by atoms with E-state index in [1.807, 2.05) is 30.3 Å². The summed E-state index contributed by atoms with van der Waals surface area (Å²) in [7, 11) is -3.17. The van der Waals surface area contributed by atoms with Crippen molar-refractivity contribution in [3.8, 4) is 11.1 Å². The Morgan fingerprint density at radius 1 is 0.970 bits per heavy atom. The molecule has 0 aliphatic carbocycles. The van der Waals surface area contributed by atoms with Crippen LogP contribution in [0.4, 0.5) is 4.39 Å². The molecule has 1 aromatic heterocycles. The van der Waals surface area contributed by atoms with Crippen molar-refractivity contribution in [3.63, 3.8) is 0 Å². The number of carbonyl (C=O) groups excluding carboxylic acids is 1. The van der Waals surface area contributed by atoms with Crippen molar-refractivity contribution in [3.05, 3.63) is 95.6 Å². The van der Waals surface area contributed by atoms with E-state index in [9.17, 15) is 13.8 Å². The normalized spacial score (nSPS) is 11.7. The molecule has 0 atom stereocenters. The van der Waals surface area contributed by atoms with Crippen LogP contribution in [0.3, 0.4) is 0 Å². The van der Waals surface area contributed by atoms with Crippen molar-refractivity contribution in [1.82, 2.24) is 4.98 Å². The highest BCUT2D eigenvalue weighted by molar-refractivity contribution is 7.53. The number of hydrogen-bond donors (Lipinski definition) is 0. The molecule has 0 amide bonds. The van der Waals surface area contributed by atoms with Gasteiger partial charge < -0.3 is 9.05 Å². The number of carbonyl (C=O) groups is 1. The molecular formula is C26H27FNO4P. The highest BCUT2D eigenvalue weighted by Gasteiger charge is 2.23. The number of ketones is 1. The molecule has 0 unspecified atom stereocenters. The number of pyridine rings is 1. The first kappa shape index (κ1) is 24.7. The Morgan fingerprint density at radius 2 is 1.61 bits per heavy atom. The van der Waals surface area contributed by atoms with Crippen LogP contribution in [-0.4, -0.2) is 24.0 Å². The highest BCUT2D eigenvalue weighted by atomic mass is 31.2. The minimum Gasteiger partial charge on any atom is -0.309 e. The summed E-state index contributed by atoms with van der Waals surface area (Å²) < 4.78 is 36.6. The van der Waals surface area contributed by atoms with E-state index in [2.05, 4.69) is 4.98 Å². The largest absolute Gasteiger partial charge is 0.335 e. The summed E-state index contributed by atoms with van der Waals surface area (Å²) in [6.45, 7) is 4.19. The third-order valence-corrected chi connectivity index (χ3v) is 6.94. The fourth-order valence-electron chi connectivity index (χ4n) is 3.38. The maximum atomic E-state index is 13.2. The molecule has 7 heteroatoms. The van der Waals surface area contributed by atoms with E-state index in [0.29, 0.717) is 13.2 Å². The van der Waals surface area contributed by atoms with E-state index in [1.54, 1.807) is 44.4 Å². The second-order valence-corrected chi connectivity index (χ2v) is 9.42. The quantitative estimate of drug-likeness (QED) is 0.239. The van der Waals surface area contributed by atoms with Crippen molar-refractivity contribution < 1.29 is 22.8 Å². The zero-order chi connectivity index (χ0) is 23.7. The monoisotopic (exact) mass is 467 g/mol. The molecule has 3 aromatic rings. The highest BCUT2D eigenvalue weighted by Crippen LogP contribution is 2.51. The summed E-state index contributed by atoms with van der Waals surface area (Å²) >= 11 is 0. The Bertz CT molecular complexity index is 1130. The molecule has 172 valence electrons. The third-order valence-electron chi connectivity index (χ3n) is 4.89. The first-order chi connectivity index (χ1) is 15.9. The van der Waals surface area contributed by atoms with Crippen LogP contribution in [0.2, 0.25) is 0 Å². The van der Waals surface area contributed by atoms with Gasteiger partial charge in [0, 0.05) is 24.4 Å². The van der Waals surface area contributed by atoms with E-state index in [0.717, 1.165) is 27.8 Å². The second kappa shape index (κ2) is 11.8. The molecular weight excluding hydrogens is 440 g/mol. The fraction of sp³-hybridized carbons (Fsp3) is 0.231. The minimum absolute atomic E-state index is 0.0639. The average Bonchev–Trinajstić information content (AvgIpc) is 2.80. The molecule has 0 saturated carbocycles. The van der Waals surface area contributed by atoms with Gasteiger partial charge in [-0.2, -0.15) is 0 Å². The van der Waals surface area contributed by atoms with E-state index < -0.39 is 7.60 Å². The van der Waals surface area contributed by atoms with Crippen LogP contribution in [0.15, 0.2) is 73.1 Å². The fourth-order valence-corrected chi connectivity index (χ4v) is 5.08. The lowest BCUT2D eigenvalue weighted by Gasteiger charge is -2.17. The van der Waals surface area contributed by atoms with E-state index in [-0.39, 0.29) is 24.2 Å². The van der Waals surface area contributed by atoms with Gasteiger partial charge in [0.2, 0.25) is 0 Å². The van der Waals surface area contributed by atoms with Gasteiger partial charge >= 0.3 is 7.60 Å². The number of hydrogen-bond acceptors (Lipinski definition) is 5. The Hall–Kier alpha value is -2.92. The molecule has 0 aliphatic rings. The summed E-state index contributed by atoms with van der Waals surface area (Å²) in [4.78, 5) is 16.7. The Morgan fingerprint density at radius 3 is 2.24 bits per heavy atom. The van der Waals surface area contributed by atoms with Gasteiger partial charge in [-0.15, -0.1) is 0 Å². The number of rotatable bonds is 11. The van der Waals surface area contributed by atoms with Crippen molar-refractivity contribution >= 4 is 19.5 Å². The maximum Gasteiger partial charge on any atom is 0.335 e. The van der Waals surface area contributed by atoms with Gasteiger partial charge in [0.05, 0.1) is 19.4 Å². The number of allylic oxidation sites excluding steroid dienone is 1. The SMILES string of the molecule is CCOP(=O)(Cc1ccc(CC(=O)/C=C/c2cnccc2-c2ccc(F)cc2)cc1)OCC. The molecule has 2 aromatic carbocycles. The summed E-state index contributed by atoms with van der Waals surface area (Å²) in [5.41, 5.74) is 4.16. The van der Waals surface area contributed by atoms with E-state index >= 15 is 0 Å². The van der Waals surface area contributed by atoms with Crippen molar-refractivity contribution in [2.24, 2.45) is 0 Å². The summed E-state index contributed by atoms with van der Waals surface area (Å²) in [6, 6.07) is 15.4. The van der Waals surface area contributed by atoms with E-state index in [1.165, 1.54) is 18.2 Å². The molecule has 33 heavy (non-hydrogen) atoms. The van der Waals surface area contributed by atoms with Crippen LogP contribution in [-0.2, 0) is 31.0 Å². The lowest BCUT2D eigenvalue weighted by Crippen LogP contribution is -2.01. The number of halogens is 1. The van der Waals surface area contributed by atoms with Gasteiger partial charge in [-0.25, -0.2) is 4.39 Å². The average molecular weight is 467 g/mol. The van der Waals surface area contributed by atoms with Crippen LogP contribution in [0, 0.1) is 5.82 Å². The van der Waals surface area contributed by atoms with Crippen LogP contribution in [0.25, 0.3) is 17.2 Å². The lowest BCUT2D eigenvalue weighted by molar-refractivity contribution is -0.113. The summed E-state index contributed by atoms with van der Waals surface area (Å²) in [5, 5.41) is 0. The van der Waals surface area contributed by atoms with Gasteiger partial charge in [0.25, 0.3) is 0 Å². The Kier molecular flexibility index (Phi) is 8.84. The van der Waals surface area contributed by atoms with Gasteiger partial charge in [-0.3, -0.25) is 14.3 Å². The first-order valence-corrected chi connectivity index (χ1v) is 12.5. The molecule has 0 saturated heterocycles. The summed E-state index contributed by atoms with van der Waals surface area (Å²) in [6.07, 6.45) is 7.01. The molecule has 0 spiro atoms. The molecule has 0 bridgehead atoms. The number of benzene rings is 2. The lowest BCUT2D eigenvalue weighted by atomic mass is 10.0. The van der Waals surface area contributed by atoms with E-state index in [4.69, 9.17) is 9.05 Å². The zero-order valence-electron chi connectivity index (χ0n) is 18.7. The molecule has 0 radical (unpaired) electrons. The van der Waals surface area contributed by atoms with Crippen LogP contribution >= 0.6 is 7.60 Å². The van der Waals surface area contributed by atoms with Gasteiger partial charge in [-0.1, -0.05) is 36.4 Å². The number of aromatic nitrogens is 1. The standard InChI is InChI=1S/C26H27FNO4P/c1-3-31-33(30,32-4-2)19-21-7-5-20(6-8-21)17-25(29)14-11-23-18-28-16-15-26(23)22-9-12-24(27)13-10-22/h5-16,18H,3-4,17,19H2,1-2H3/b14-11+. The molecule has 1 heterocycles. The number of nitrogens with zero attached hydrogens (tertiary/aromatic N) is 1. The van der Waals surface area contributed by atoms with Crippen LogP contribution in [0.5, 0.6) is 0 Å². The molecule has 0 N–H and O–H groups in total. The molecule has 0 fully saturated rings. The minimum atomic E-state index is -3.17. The smallest absolute Gasteiger partial charge is 0.309 e. The third kappa shape index (κ3) is 7.29. The van der Waals surface area contributed by atoms with Crippen LogP contribution in [0.1, 0.15) is 30.5 Å². The van der Waals surface area contributed by atoms with Crippen molar-refractivity contribution in [2.75, 3.05) is 13.2 Å². The zero-order valence-corrected chi connectivity index (χ0v) is 19.6. The van der Waals surface area contributed by atoms with Crippen molar-refractivity contribution in [2.45, 2.75) is 26.4 Å². The first-order valence-electron chi connectivity index (χ1n) is 10.8. The molecule has 0 aliphatic heterocycles.